The van der Waals surface area contributed by atoms with Crippen LogP contribution in [0, 0.1) is 5.92 Å². The molecule has 1 aromatic rings. The molecular weight excluding hydrogens is 282 g/mol. The molecule has 1 aliphatic carbocycles. The van der Waals surface area contributed by atoms with E-state index in [-0.39, 0.29) is 0 Å². The molecule has 0 heterocycles. The van der Waals surface area contributed by atoms with Gasteiger partial charge >= 0.3 is 0 Å². The summed E-state index contributed by atoms with van der Waals surface area (Å²) >= 11 is 4.89. The molecule has 1 aromatic carbocycles. The fraction of sp³-hybridized carbons (Fsp3) is 0.588. The van der Waals surface area contributed by atoms with Gasteiger partial charge in [-0.1, -0.05) is 43.6 Å². The molecule has 2 N–H and O–H groups in total. The number of hydrogen-bond donors (Lipinski definition) is 1. The zero-order valence-corrected chi connectivity index (χ0v) is 13.4. The summed E-state index contributed by atoms with van der Waals surface area (Å²) < 4.78 is 11.4. The largest absolute Gasteiger partial charge is 0.491 e. The number of ether oxygens (including phenoxy) is 2. The van der Waals surface area contributed by atoms with Crippen molar-refractivity contribution in [1.82, 2.24) is 0 Å². The van der Waals surface area contributed by atoms with Crippen LogP contribution >= 0.6 is 12.2 Å². The third-order valence-electron chi connectivity index (χ3n) is 3.88. The topological polar surface area (TPSA) is 44.5 Å². The first-order valence-corrected chi connectivity index (χ1v) is 8.22. The molecule has 0 bridgehead atoms. The van der Waals surface area contributed by atoms with Gasteiger partial charge in [-0.2, -0.15) is 0 Å². The van der Waals surface area contributed by atoms with E-state index in [0.29, 0.717) is 24.6 Å². The molecule has 1 aliphatic rings. The van der Waals surface area contributed by atoms with Crippen molar-refractivity contribution in [2.24, 2.45) is 11.7 Å². The van der Waals surface area contributed by atoms with Crippen molar-refractivity contribution in [3.05, 3.63) is 29.8 Å². The van der Waals surface area contributed by atoms with Crippen LogP contribution in [0.1, 0.15) is 37.7 Å². The number of hydrogen-bond acceptors (Lipinski definition) is 3. The van der Waals surface area contributed by atoms with Gasteiger partial charge in [-0.25, -0.2) is 0 Å². The zero-order valence-electron chi connectivity index (χ0n) is 12.6. The van der Waals surface area contributed by atoms with Crippen LogP contribution < -0.4 is 10.5 Å². The Morgan fingerprint density at radius 3 is 2.48 bits per heavy atom. The molecule has 0 unspecified atom stereocenters. The molecule has 4 heteroatoms. The van der Waals surface area contributed by atoms with Crippen molar-refractivity contribution in [2.45, 2.75) is 38.5 Å². The lowest BCUT2D eigenvalue weighted by Crippen LogP contribution is -2.16. The van der Waals surface area contributed by atoms with E-state index in [1.165, 1.54) is 32.1 Å². The normalized spacial score (nSPS) is 15.8. The van der Waals surface area contributed by atoms with E-state index < -0.39 is 0 Å². The molecule has 0 saturated heterocycles. The van der Waals surface area contributed by atoms with E-state index in [2.05, 4.69) is 0 Å². The smallest absolute Gasteiger partial charge is 0.119 e. The minimum absolute atomic E-state index is 0.514. The molecule has 0 atom stereocenters. The third-order valence-corrected chi connectivity index (χ3v) is 4.02. The number of thiocarbonyl (C=S) groups is 1. The van der Waals surface area contributed by atoms with E-state index >= 15 is 0 Å². The van der Waals surface area contributed by atoms with Crippen molar-refractivity contribution >= 4 is 17.2 Å². The quantitative estimate of drug-likeness (QED) is 0.590. The van der Waals surface area contributed by atoms with Gasteiger partial charge in [0.1, 0.15) is 12.4 Å². The van der Waals surface area contributed by atoms with Gasteiger partial charge in [0.15, 0.2) is 0 Å². The average molecular weight is 307 g/mol. The molecule has 0 spiro atoms. The second kappa shape index (κ2) is 9.00. The number of benzene rings is 1. The number of rotatable bonds is 8. The Labute approximate surface area is 132 Å². The van der Waals surface area contributed by atoms with Gasteiger partial charge in [-0.15, -0.1) is 0 Å². The maximum absolute atomic E-state index is 5.71. The van der Waals surface area contributed by atoms with E-state index in [0.717, 1.165) is 23.8 Å². The van der Waals surface area contributed by atoms with Crippen LogP contribution in [-0.2, 0) is 11.2 Å². The molecule has 21 heavy (non-hydrogen) atoms. The minimum Gasteiger partial charge on any atom is -0.491 e. The average Bonchev–Trinajstić information content (AvgIpc) is 2.49. The lowest BCUT2D eigenvalue weighted by molar-refractivity contribution is 0.0635. The highest BCUT2D eigenvalue weighted by atomic mass is 32.1. The standard InChI is InChI=1S/C17H25NO2S/c18-17(21)12-14-6-8-16(9-7-14)20-11-10-19-13-15-4-2-1-3-5-15/h6-9,15H,1-5,10-13H2,(H2,18,21). The highest BCUT2D eigenvalue weighted by Crippen LogP contribution is 2.23. The Morgan fingerprint density at radius 2 is 1.81 bits per heavy atom. The third kappa shape index (κ3) is 6.44. The van der Waals surface area contributed by atoms with Crippen LogP contribution in [0.5, 0.6) is 5.75 Å². The molecule has 2 rings (SSSR count). The molecule has 1 fully saturated rings. The van der Waals surface area contributed by atoms with Crippen molar-refractivity contribution < 1.29 is 9.47 Å². The SMILES string of the molecule is NC(=S)Cc1ccc(OCCOCC2CCCCC2)cc1. The summed E-state index contributed by atoms with van der Waals surface area (Å²) in [5, 5.41) is 0. The Kier molecular flexibility index (Phi) is 6.96. The summed E-state index contributed by atoms with van der Waals surface area (Å²) in [6.45, 7) is 2.14. The summed E-state index contributed by atoms with van der Waals surface area (Å²) in [5.41, 5.74) is 6.64. The predicted molar refractivity (Wildman–Crippen MR) is 89.8 cm³/mol. The Morgan fingerprint density at radius 1 is 1.10 bits per heavy atom. The Bertz CT molecular complexity index is 427. The second-order valence-corrected chi connectivity index (χ2v) is 6.24. The molecule has 0 aliphatic heterocycles. The van der Waals surface area contributed by atoms with Gasteiger partial charge in [-0.05, 0) is 36.5 Å². The van der Waals surface area contributed by atoms with Crippen LogP contribution in [0.15, 0.2) is 24.3 Å². The molecular formula is C17H25NO2S. The first-order valence-electron chi connectivity index (χ1n) is 7.82. The first-order chi connectivity index (χ1) is 10.2. The summed E-state index contributed by atoms with van der Waals surface area (Å²) in [5.74, 6) is 1.63. The van der Waals surface area contributed by atoms with Crippen molar-refractivity contribution in [1.29, 1.82) is 0 Å². The molecule has 0 aromatic heterocycles. The summed E-state index contributed by atoms with van der Waals surface area (Å²) in [7, 11) is 0. The molecule has 0 radical (unpaired) electrons. The highest BCUT2D eigenvalue weighted by molar-refractivity contribution is 7.80. The van der Waals surface area contributed by atoms with Gasteiger partial charge in [0, 0.05) is 13.0 Å². The monoisotopic (exact) mass is 307 g/mol. The van der Waals surface area contributed by atoms with Gasteiger partial charge in [0.25, 0.3) is 0 Å². The van der Waals surface area contributed by atoms with Crippen molar-refractivity contribution in [2.75, 3.05) is 19.8 Å². The Hall–Kier alpha value is -1.13. The minimum atomic E-state index is 0.514. The highest BCUT2D eigenvalue weighted by Gasteiger charge is 2.12. The fourth-order valence-corrected chi connectivity index (χ4v) is 2.89. The van der Waals surface area contributed by atoms with Crippen LogP contribution in [0.4, 0.5) is 0 Å². The lowest BCUT2D eigenvalue weighted by atomic mass is 9.90. The number of nitrogens with two attached hydrogens (primary N) is 1. The first kappa shape index (κ1) is 16.2. The Balaban J connectivity index is 1.58. The fourth-order valence-electron chi connectivity index (χ4n) is 2.73. The van der Waals surface area contributed by atoms with E-state index in [1.54, 1.807) is 0 Å². The van der Waals surface area contributed by atoms with Gasteiger partial charge in [0.05, 0.1) is 11.6 Å². The van der Waals surface area contributed by atoms with Crippen LogP contribution in [-0.4, -0.2) is 24.8 Å². The van der Waals surface area contributed by atoms with Crippen LogP contribution in [0.3, 0.4) is 0 Å². The summed E-state index contributed by atoms with van der Waals surface area (Å²) in [4.78, 5) is 0.514. The molecule has 116 valence electrons. The van der Waals surface area contributed by atoms with Gasteiger partial charge in [-0.3, -0.25) is 0 Å². The van der Waals surface area contributed by atoms with Gasteiger partial charge in [0.2, 0.25) is 0 Å². The summed E-state index contributed by atoms with van der Waals surface area (Å²) in [6.07, 6.45) is 7.41. The molecule has 1 saturated carbocycles. The van der Waals surface area contributed by atoms with Crippen molar-refractivity contribution in [3.8, 4) is 5.75 Å². The van der Waals surface area contributed by atoms with E-state index in [9.17, 15) is 0 Å². The lowest BCUT2D eigenvalue weighted by Gasteiger charge is -2.21. The predicted octanol–water partition coefficient (Wildman–Crippen LogP) is 3.49. The van der Waals surface area contributed by atoms with Crippen molar-refractivity contribution in [3.63, 3.8) is 0 Å². The zero-order chi connectivity index (χ0) is 14.9. The molecule has 0 amide bonds. The van der Waals surface area contributed by atoms with E-state index in [4.69, 9.17) is 27.4 Å². The van der Waals surface area contributed by atoms with Crippen LogP contribution in [0.2, 0.25) is 0 Å². The maximum Gasteiger partial charge on any atom is 0.119 e. The van der Waals surface area contributed by atoms with Gasteiger partial charge < -0.3 is 15.2 Å². The van der Waals surface area contributed by atoms with E-state index in [1.807, 2.05) is 24.3 Å². The maximum atomic E-state index is 5.71. The summed E-state index contributed by atoms with van der Waals surface area (Å²) in [6, 6.07) is 7.90. The molecule has 3 nitrogen and oxygen atoms in total. The second-order valence-electron chi connectivity index (χ2n) is 5.71. The van der Waals surface area contributed by atoms with Crippen LogP contribution in [0.25, 0.3) is 0 Å².